The van der Waals surface area contributed by atoms with Gasteiger partial charge in [-0.05, 0) is 13.0 Å². The first-order valence-electron chi connectivity index (χ1n) is 6.91. The number of hydrogen-bond acceptors (Lipinski definition) is 5. The van der Waals surface area contributed by atoms with Crippen molar-refractivity contribution in [3.63, 3.8) is 0 Å². The highest BCUT2D eigenvalue weighted by Gasteiger charge is 2.13. The predicted molar refractivity (Wildman–Crippen MR) is 80.2 cm³/mol. The van der Waals surface area contributed by atoms with Gasteiger partial charge in [0.25, 0.3) is 5.56 Å². The Morgan fingerprint density at radius 2 is 1.86 bits per heavy atom. The molecule has 0 N–H and O–H groups in total. The van der Waals surface area contributed by atoms with Gasteiger partial charge in [-0.15, -0.1) is 0 Å². The summed E-state index contributed by atoms with van der Waals surface area (Å²) in [4.78, 5) is 34.8. The van der Waals surface area contributed by atoms with Crippen LogP contribution in [0.15, 0.2) is 47.3 Å². The monoisotopic (exact) mass is 300 g/mol. The van der Waals surface area contributed by atoms with Crippen LogP contribution in [0.1, 0.15) is 13.3 Å². The molecule has 0 unspecified atom stereocenters. The zero-order chi connectivity index (χ0) is 15.9. The van der Waals surface area contributed by atoms with Crippen molar-refractivity contribution in [2.45, 2.75) is 19.9 Å². The van der Waals surface area contributed by atoms with Crippen molar-refractivity contribution in [1.29, 1.82) is 0 Å². The van der Waals surface area contributed by atoms with Gasteiger partial charge in [-0.2, -0.15) is 5.10 Å². The summed E-state index contributed by atoms with van der Waals surface area (Å²) in [6.45, 7) is 1.63. The largest absolute Gasteiger partial charge is 0.466 e. The molecule has 114 valence electrons. The standard InChI is InChI=1S/C16H16N2O4/c1-2-22-16(21)10-13(19)11-18-15(20)9-8-14(17-18)12-6-4-3-5-7-12/h3-9H,2,10-11H2,1H3. The summed E-state index contributed by atoms with van der Waals surface area (Å²) in [7, 11) is 0. The smallest absolute Gasteiger partial charge is 0.313 e. The van der Waals surface area contributed by atoms with Crippen molar-refractivity contribution in [2.24, 2.45) is 0 Å². The van der Waals surface area contributed by atoms with Gasteiger partial charge in [0, 0.05) is 11.6 Å². The molecule has 1 aromatic carbocycles. The van der Waals surface area contributed by atoms with Gasteiger partial charge in [0.1, 0.15) is 13.0 Å². The maximum atomic E-state index is 11.8. The number of Topliss-reactive ketones (excluding diaryl/α,β-unsaturated/α-hetero) is 1. The van der Waals surface area contributed by atoms with Crippen molar-refractivity contribution in [1.82, 2.24) is 9.78 Å². The van der Waals surface area contributed by atoms with E-state index in [-0.39, 0.29) is 19.6 Å². The number of benzene rings is 1. The lowest BCUT2D eigenvalue weighted by Gasteiger charge is -2.06. The molecular formula is C16H16N2O4. The first kappa shape index (κ1) is 15.6. The van der Waals surface area contributed by atoms with E-state index >= 15 is 0 Å². The van der Waals surface area contributed by atoms with E-state index in [0.717, 1.165) is 10.2 Å². The molecule has 6 nitrogen and oxygen atoms in total. The highest BCUT2D eigenvalue weighted by Crippen LogP contribution is 2.13. The average Bonchev–Trinajstić information content (AvgIpc) is 2.50. The van der Waals surface area contributed by atoms with Gasteiger partial charge < -0.3 is 4.74 Å². The number of aromatic nitrogens is 2. The fourth-order valence-corrected chi connectivity index (χ4v) is 1.92. The molecule has 0 atom stereocenters. The summed E-state index contributed by atoms with van der Waals surface area (Å²) in [5, 5.41) is 4.17. The average molecular weight is 300 g/mol. The van der Waals surface area contributed by atoms with E-state index in [0.29, 0.717) is 5.69 Å². The second kappa shape index (κ2) is 7.31. The maximum Gasteiger partial charge on any atom is 0.313 e. The number of esters is 1. The van der Waals surface area contributed by atoms with E-state index < -0.39 is 17.3 Å². The lowest BCUT2D eigenvalue weighted by molar-refractivity contribution is -0.145. The molecule has 0 saturated heterocycles. The first-order valence-corrected chi connectivity index (χ1v) is 6.91. The molecule has 0 radical (unpaired) electrons. The summed E-state index contributed by atoms with van der Waals surface area (Å²) in [6, 6.07) is 12.3. The minimum atomic E-state index is -0.597. The molecule has 0 spiro atoms. The lowest BCUT2D eigenvalue weighted by atomic mass is 10.1. The number of carbonyl (C=O) groups is 2. The summed E-state index contributed by atoms with van der Waals surface area (Å²) < 4.78 is 5.77. The van der Waals surface area contributed by atoms with Gasteiger partial charge in [0.05, 0.1) is 12.3 Å². The number of nitrogens with zero attached hydrogens (tertiary/aromatic N) is 2. The minimum absolute atomic E-state index is 0.216. The zero-order valence-corrected chi connectivity index (χ0v) is 12.2. The van der Waals surface area contributed by atoms with Crippen LogP contribution in [0.5, 0.6) is 0 Å². The van der Waals surface area contributed by atoms with Crippen molar-refractivity contribution in [2.75, 3.05) is 6.61 Å². The van der Waals surface area contributed by atoms with Gasteiger partial charge in [-0.25, -0.2) is 4.68 Å². The highest BCUT2D eigenvalue weighted by atomic mass is 16.5. The lowest BCUT2D eigenvalue weighted by Crippen LogP contribution is -2.27. The molecule has 1 aromatic heterocycles. The van der Waals surface area contributed by atoms with Crippen LogP contribution < -0.4 is 5.56 Å². The number of ether oxygens (including phenoxy) is 1. The van der Waals surface area contributed by atoms with E-state index in [1.165, 1.54) is 6.07 Å². The number of hydrogen-bond donors (Lipinski definition) is 0. The molecule has 22 heavy (non-hydrogen) atoms. The summed E-state index contributed by atoms with van der Waals surface area (Å²) in [5.41, 5.74) is 1.04. The van der Waals surface area contributed by atoms with Crippen molar-refractivity contribution >= 4 is 11.8 Å². The maximum absolute atomic E-state index is 11.8. The molecule has 0 aliphatic rings. The van der Waals surface area contributed by atoms with Gasteiger partial charge >= 0.3 is 5.97 Å². The molecule has 6 heteroatoms. The summed E-state index contributed by atoms with van der Waals surface area (Å²) in [6.07, 6.45) is -0.364. The van der Waals surface area contributed by atoms with E-state index in [1.54, 1.807) is 13.0 Å². The molecule has 0 amide bonds. The van der Waals surface area contributed by atoms with Gasteiger partial charge in [-0.1, -0.05) is 30.3 Å². The minimum Gasteiger partial charge on any atom is -0.466 e. The molecule has 1 heterocycles. The van der Waals surface area contributed by atoms with Gasteiger partial charge in [0.15, 0.2) is 5.78 Å². The number of ketones is 1. The second-order valence-electron chi connectivity index (χ2n) is 4.60. The quantitative estimate of drug-likeness (QED) is 0.595. The number of carbonyl (C=O) groups excluding carboxylic acids is 2. The molecular weight excluding hydrogens is 284 g/mol. The summed E-state index contributed by atoms with van der Waals surface area (Å²) >= 11 is 0. The Morgan fingerprint density at radius 1 is 1.14 bits per heavy atom. The Labute approximate surface area is 127 Å². The fraction of sp³-hybridized carbons (Fsp3) is 0.250. The van der Waals surface area contributed by atoms with E-state index in [2.05, 4.69) is 5.10 Å². The molecule has 0 aliphatic carbocycles. The zero-order valence-electron chi connectivity index (χ0n) is 12.2. The molecule has 0 aliphatic heterocycles. The normalized spacial score (nSPS) is 10.2. The van der Waals surface area contributed by atoms with Crippen LogP contribution in [0.25, 0.3) is 11.3 Å². The molecule has 0 fully saturated rings. The predicted octanol–water partition coefficient (Wildman–Crippen LogP) is 1.43. The molecule has 0 saturated carbocycles. The van der Waals surface area contributed by atoms with Crippen LogP contribution in [0.2, 0.25) is 0 Å². The summed E-state index contributed by atoms with van der Waals surface area (Å²) in [5.74, 6) is -1.02. The Morgan fingerprint density at radius 3 is 2.55 bits per heavy atom. The topological polar surface area (TPSA) is 78.3 Å². The van der Waals surface area contributed by atoms with Crippen LogP contribution in [0.4, 0.5) is 0 Å². The highest BCUT2D eigenvalue weighted by molar-refractivity contribution is 5.95. The van der Waals surface area contributed by atoms with Crippen LogP contribution in [0.3, 0.4) is 0 Å². The first-order chi connectivity index (χ1) is 10.6. The van der Waals surface area contributed by atoms with Crippen LogP contribution >= 0.6 is 0 Å². The SMILES string of the molecule is CCOC(=O)CC(=O)Cn1nc(-c2ccccc2)ccc1=O. The van der Waals surface area contributed by atoms with Crippen molar-refractivity contribution < 1.29 is 14.3 Å². The van der Waals surface area contributed by atoms with Crippen molar-refractivity contribution in [3.05, 3.63) is 52.8 Å². The molecule has 0 bridgehead atoms. The second-order valence-corrected chi connectivity index (χ2v) is 4.60. The third-order valence-corrected chi connectivity index (χ3v) is 2.91. The van der Waals surface area contributed by atoms with E-state index in [1.807, 2.05) is 30.3 Å². The van der Waals surface area contributed by atoms with Crippen LogP contribution in [-0.4, -0.2) is 28.1 Å². The van der Waals surface area contributed by atoms with Gasteiger partial charge in [0.2, 0.25) is 0 Å². The molecule has 2 rings (SSSR count). The van der Waals surface area contributed by atoms with Gasteiger partial charge in [-0.3, -0.25) is 14.4 Å². The Balaban J connectivity index is 2.16. The van der Waals surface area contributed by atoms with E-state index in [9.17, 15) is 14.4 Å². The Kier molecular flexibility index (Phi) is 5.19. The van der Waals surface area contributed by atoms with Crippen LogP contribution in [-0.2, 0) is 20.9 Å². The Hall–Kier alpha value is -2.76. The van der Waals surface area contributed by atoms with Crippen molar-refractivity contribution in [3.8, 4) is 11.3 Å². The number of rotatable bonds is 6. The molecule has 2 aromatic rings. The van der Waals surface area contributed by atoms with Crippen LogP contribution in [0, 0.1) is 0 Å². The third-order valence-electron chi connectivity index (χ3n) is 2.91. The fourth-order valence-electron chi connectivity index (χ4n) is 1.92. The van der Waals surface area contributed by atoms with E-state index in [4.69, 9.17) is 4.74 Å². The third kappa shape index (κ3) is 4.12. The Bertz CT molecular complexity index is 722.